The number of likely N-dealkylation sites (tertiary alicyclic amines) is 1. The molecule has 2 fully saturated rings. The van der Waals surface area contributed by atoms with Crippen molar-refractivity contribution in [2.24, 2.45) is 0 Å². The van der Waals surface area contributed by atoms with Gasteiger partial charge in [0.25, 0.3) is 0 Å². The Bertz CT molecular complexity index is 1020. The number of rotatable bonds is 7. The van der Waals surface area contributed by atoms with Crippen molar-refractivity contribution in [2.75, 3.05) is 25.4 Å². The molecular formula is C21H26N4O4S2. The minimum absolute atomic E-state index is 0.0174. The molecule has 1 unspecified atom stereocenters. The molecule has 166 valence electrons. The summed E-state index contributed by atoms with van der Waals surface area (Å²) in [6, 6.07) is 10.1. The van der Waals surface area contributed by atoms with Crippen LogP contribution in [-0.2, 0) is 26.0 Å². The van der Waals surface area contributed by atoms with Crippen molar-refractivity contribution in [1.82, 2.24) is 19.4 Å². The molecule has 2 aliphatic heterocycles. The Kier molecular flexibility index (Phi) is 6.78. The first-order valence-corrected chi connectivity index (χ1v) is 13.0. The van der Waals surface area contributed by atoms with Crippen LogP contribution in [0.2, 0.25) is 0 Å². The van der Waals surface area contributed by atoms with E-state index in [-0.39, 0.29) is 30.0 Å². The number of carbonyl (C=O) groups excluding carboxylic acids is 2. The van der Waals surface area contributed by atoms with Gasteiger partial charge >= 0.3 is 0 Å². The minimum atomic E-state index is -3.57. The van der Waals surface area contributed by atoms with E-state index in [1.165, 1.54) is 9.87 Å². The van der Waals surface area contributed by atoms with E-state index in [4.69, 9.17) is 0 Å². The highest BCUT2D eigenvalue weighted by Gasteiger charge is 2.33. The van der Waals surface area contributed by atoms with Gasteiger partial charge in [-0.05, 0) is 24.8 Å². The topological polar surface area (TPSA) is 101 Å². The first-order chi connectivity index (χ1) is 14.9. The van der Waals surface area contributed by atoms with E-state index < -0.39 is 10.0 Å². The number of hydrogen-bond acceptors (Lipinski definition) is 7. The fraction of sp³-hybridized carbons (Fsp3) is 0.524. The maximum atomic E-state index is 12.9. The van der Waals surface area contributed by atoms with Crippen LogP contribution in [0, 0.1) is 0 Å². The fourth-order valence-corrected chi connectivity index (χ4v) is 6.54. The summed E-state index contributed by atoms with van der Waals surface area (Å²) >= 11 is 1.54. The Morgan fingerprint density at radius 2 is 1.77 bits per heavy atom. The molecule has 10 heteroatoms. The number of piperidine rings is 2. The zero-order valence-corrected chi connectivity index (χ0v) is 18.9. The number of nitrogens with zero attached hydrogens (tertiary/aromatic N) is 4. The van der Waals surface area contributed by atoms with Gasteiger partial charge in [0.1, 0.15) is 10.0 Å². The molecule has 2 amide bonds. The lowest BCUT2D eigenvalue weighted by atomic mass is 10.0. The number of hydrogen-bond donors (Lipinski definition) is 0. The third-order valence-electron chi connectivity index (χ3n) is 5.76. The second-order valence-electron chi connectivity index (χ2n) is 8.00. The minimum Gasteiger partial charge on any atom is -0.282 e. The molecule has 4 rings (SSSR count). The normalized spacial score (nSPS) is 20.9. The summed E-state index contributed by atoms with van der Waals surface area (Å²) in [5.74, 6) is -0.763. The van der Waals surface area contributed by atoms with Gasteiger partial charge in [0.15, 0.2) is 0 Å². The van der Waals surface area contributed by atoms with Gasteiger partial charge in [-0.15, -0.1) is 21.5 Å². The number of benzene rings is 1. The largest absolute Gasteiger partial charge is 0.282 e. The van der Waals surface area contributed by atoms with E-state index in [9.17, 15) is 18.0 Å². The van der Waals surface area contributed by atoms with Crippen LogP contribution < -0.4 is 0 Å². The van der Waals surface area contributed by atoms with Gasteiger partial charge < -0.3 is 0 Å². The second-order valence-corrected chi connectivity index (χ2v) is 11.2. The van der Waals surface area contributed by atoms with Crippen molar-refractivity contribution in [1.29, 1.82) is 0 Å². The highest BCUT2D eigenvalue weighted by molar-refractivity contribution is 7.89. The molecule has 8 nitrogen and oxygen atoms in total. The molecule has 0 radical (unpaired) electrons. The third-order valence-corrected chi connectivity index (χ3v) is 8.67. The first-order valence-electron chi connectivity index (χ1n) is 10.6. The molecule has 0 spiro atoms. The van der Waals surface area contributed by atoms with Gasteiger partial charge in [0.05, 0.1) is 5.75 Å². The summed E-state index contributed by atoms with van der Waals surface area (Å²) in [6.07, 6.45) is 3.49. The monoisotopic (exact) mass is 462 g/mol. The van der Waals surface area contributed by atoms with Crippen LogP contribution in [-0.4, -0.2) is 65.0 Å². The van der Waals surface area contributed by atoms with Crippen molar-refractivity contribution in [3.8, 4) is 0 Å². The third kappa shape index (κ3) is 5.36. The van der Waals surface area contributed by atoms with E-state index >= 15 is 0 Å². The first kappa shape index (κ1) is 22.0. The predicted molar refractivity (Wildman–Crippen MR) is 117 cm³/mol. The number of aromatic nitrogens is 2. The molecule has 2 saturated heterocycles. The maximum absolute atomic E-state index is 12.9. The van der Waals surface area contributed by atoms with Gasteiger partial charge in [0, 0.05) is 44.8 Å². The second kappa shape index (κ2) is 9.54. The number of sulfonamides is 1. The highest BCUT2D eigenvalue weighted by Crippen LogP contribution is 2.31. The van der Waals surface area contributed by atoms with Gasteiger partial charge in [0.2, 0.25) is 21.8 Å². The summed E-state index contributed by atoms with van der Waals surface area (Å²) in [5.41, 5.74) is 1.17. The molecule has 0 N–H and O–H groups in total. The number of imide groups is 1. The standard InChI is InChI=1S/C21H26N4O4S2/c26-19-9-4-10-20(27)25(19)12-13-31(28,29)24-11-5-8-17(15-24)21-23-22-18(30-21)14-16-6-2-1-3-7-16/h1-3,6-7,17H,4-5,8-15H2. The Morgan fingerprint density at radius 3 is 2.52 bits per heavy atom. The molecule has 0 aliphatic carbocycles. The molecule has 2 aromatic rings. The lowest BCUT2D eigenvalue weighted by molar-refractivity contribution is -0.147. The van der Waals surface area contributed by atoms with Crippen LogP contribution in [0.3, 0.4) is 0 Å². The predicted octanol–water partition coefficient (Wildman–Crippen LogP) is 2.18. The zero-order valence-electron chi connectivity index (χ0n) is 17.3. The number of amides is 2. The van der Waals surface area contributed by atoms with Crippen molar-refractivity contribution in [3.63, 3.8) is 0 Å². The Morgan fingerprint density at radius 1 is 1.03 bits per heavy atom. The molecule has 1 aromatic carbocycles. The van der Waals surface area contributed by atoms with Crippen LogP contribution in [0.25, 0.3) is 0 Å². The summed E-state index contributed by atoms with van der Waals surface area (Å²) in [5, 5.41) is 10.4. The Labute approximate surface area is 186 Å². The summed E-state index contributed by atoms with van der Waals surface area (Å²) in [6.45, 7) is 0.752. The molecule has 31 heavy (non-hydrogen) atoms. The summed E-state index contributed by atoms with van der Waals surface area (Å²) < 4.78 is 27.3. The molecule has 1 aromatic heterocycles. The Balaban J connectivity index is 1.37. The smallest absolute Gasteiger partial charge is 0.229 e. The zero-order chi connectivity index (χ0) is 21.8. The van der Waals surface area contributed by atoms with E-state index in [0.29, 0.717) is 38.8 Å². The van der Waals surface area contributed by atoms with E-state index in [1.54, 1.807) is 11.3 Å². The summed E-state index contributed by atoms with van der Waals surface area (Å²) in [4.78, 5) is 25.0. The molecule has 1 atom stereocenters. The average molecular weight is 463 g/mol. The van der Waals surface area contributed by atoms with E-state index in [2.05, 4.69) is 10.2 Å². The number of carbonyl (C=O) groups is 2. The van der Waals surface area contributed by atoms with Crippen molar-refractivity contribution in [3.05, 3.63) is 45.9 Å². The van der Waals surface area contributed by atoms with Crippen LogP contribution in [0.5, 0.6) is 0 Å². The quantitative estimate of drug-likeness (QED) is 0.585. The van der Waals surface area contributed by atoms with Crippen LogP contribution in [0.1, 0.15) is 53.6 Å². The molecule has 3 heterocycles. The van der Waals surface area contributed by atoms with Crippen LogP contribution in [0.4, 0.5) is 0 Å². The molecule has 0 saturated carbocycles. The summed E-state index contributed by atoms with van der Waals surface area (Å²) in [7, 11) is -3.57. The van der Waals surface area contributed by atoms with Crippen molar-refractivity contribution in [2.45, 2.75) is 44.4 Å². The van der Waals surface area contributed by atoms with Gasteiger partial charge in [-0.3, -0.25) is 14.5 Å². The van der Waals surface area contributed by atoms with Gasteiger partial charge in [-0.1, -0.05) is 30.3 Å². The van der Waals surface area contributed by atoms with E-state index in [0.717, 1.165) is 27.8 Å². The van der Waals surface area contributed by atoms with Crippen LogP contribution in [0.15, 0.2) is 30.3 Å². The van der Waals surface area contributed by atoms with Crippen molar-refractivity contribution < 1.29 is 18.0 Å². The highest BCUT2D eigenvalue weighted by atomic mass is 32.2. The fourth-order valence-electron chi connectivity index (χ4n) is 4.06. The average Bonchev–Trinajstić information content (AvgIpc) is 3.23. The van der Waals surface area contributed by atoms with Crippen molar-refractivity contribution >= 4 is 33.2 Å². The molecule has 2 aliphatic rings. The lowest BCUT2D eigenvalue weighted by Gasteiger charge is -2.32. The maximum Gasteiger partial charge on any atom is 0.229 e. The lowest BCUT2D eigenvalue weighted by Crippen LogP contribution is -2.46. The molecular weight excluding hydrogens is 436 g/mol. The Hall–Kier alpha value is -2.17. The van der Waals surface area contributed by atoms with Gasteiger partial charge in [-0.25, -0.2) is 12.7 Å². The van der Waals surface area contributed by atoms with Crippen LogP contribution >= 0.6 is 11.3 Å². The SMILES string of the molecule is O=C1CCCC(=O)N1CCS(=O)(=O)N1CCCC(c2nnc(Cc3ccccc3)s2)C1. The van der Waals surface area contributed by atoms with Gasteiger partial charge in [-0.2, -0.15) is 0 Å². The molecule has 0 bridgehead atoms. The van der Waals surface area contributed by atoms with E-state index in [1.807, 2.05) is 30.3 Å².